The summed E-state index contributed by atoms with van der Waals surface area (Å²) in [6.45, 7) is 3.58. The molecule has 3 heterocycles. The highest BCUT2D eigenvalue weighted by Gasteiger charge is 2.12. The van der Waals surface area contributed by atoms with E-state index in [-0.39, 0.29) is 11.3 Å². The zero-order valence-corrected chi connectivity index (χ0v) is 15.2. The van der Waals surface area contributed by atoms with E-state index in [1.165, 1.54) is 6.21 Å². The van der Waals surface area contributed by atoms with Gasteiger partial charge in [0.25, 0.3) is 5.56 Å². The highest BCUT2D eigenvalue weighted by Crippen LogP contribution is 2.14. The summed E-state index contributed by atoms with van der Waals surface area (Å²) in [4.78, 5) is 30.4. The van der Waals surface area contributed by atoms with Gasteiger partial charge in [0.2, 0.25) is 5.95 Å². The Morgan fingerprint density at radius 3 is 2.68 bits per heavy atom. The van der Waals surface area contributed by atoms with Crippen molar-refractivity contribution in [1.82, 2.24) is 20.3 Å². The van der Waals surface area contributed by atoms with Crippen LogP contribution in [0.25, 0.3) is 10.9 Å². The smallest absolute Gasteiger partial charge is 0.258 e. The van der Waals surface area contributed by atoms with Crippen molar-refractivity contribution < 1.29 is 0 Å². The molecule has 0 saturated carbocycles. The van der Waals surface area contributed by atoms with Gasteiger partial charge in [-0.05, 0) is 17.5 Å². The van der Waals surface area contributed by atoms with Crippen molar-refractivity contribution >= 4 is 34.5 Å². The van der Waals surface area contributed by atoms with Crippen LogP contribution in [0.2, 0.25) is 0 Å². The monoisotopic (exact) mass is 376 g/mol. The number of benzene rings is 1. The third kappa shape index (κ3) is 3.74. The Morgan fingerprint density at radius 2 is 1.93 bits per heavy atom. The highest BCUT2D eigenvalue weighted by molar-refractivity contribution is 6.38. The van der Waals surface area contributed by atoms with Crippen LogP contribution in [0.15, 0.2) is 57.6 Å². The van der Waals surface area contributed by atoms with Crippen LogP contribution >= 0.6 is 0 Å². The van der Waals surface area contributed by atoms with E-state index in [4.69, 9.17) is 5.84 Å². The van der Waals surface area contributed by atoms with Crippen molar-refractivity contribution in [3.05, 3.63) is 58.6 Å². The van der Waals surface area contributed by atoms with Gasteiger partial charge in [0.15, 0.2) is 0 Å². The molecular weight excluding hydrogens is 356 g/mol. The van der Waals surface area contributed by atoms with Crippen molar-refractivity contribution in [2.45, 2.75) is 0 Å². The van der Waals surface area contributed by atoms with Gasteiger partial charge in [-0.3, -0.25) is 9.79 Å². The van der Waals surface area contributed by atoms with Crippen LogP contribution in [-0.4, -0.2) is 53.1 Å². The quantitative estimate of drug-likeness (QED) is 0.351. The van der Waals surface area contributed by atoms with Crippen molar-refractivity contribution in [3.63, 3.8) is 0 Å². The average molecular weight is 376 g/mol. The molecule has 9 heteroatoms. The van der Waals surface area contributed by atoms with Gasteiger partial charge in [-0.2, -0.15) is 5.10 Å². The summed E-state index contributed by atoms with van der Waals surface area (Å²) in [5.74, 6) is 6.18. The fourth-order valence-corrected chi connectivity index (χ4v) is 3.05. The summed E-state index contributed by atoms with van der Waals surface area (Å²) >= 11 is 0. The number of hydrogen-bond acceptors (Lipinski definition) is 8. The first kappa shape index (κ1) is 17.8. The van der Waals surface area contributed by atoms with Crippen LogP contribution in [-0.2, 0) is 0 Å². The van der Waals surface area contributed by atoms with E-state index in [1.807, 2.05) is 24.3 Å². The van der Waals surface area contributed by atoms with E-state index >= 15 is 0 Å². The lowest BCUT2D eigenvalue weighted by atomic mass is 10.1. The molecule has 1 aromatic carbocycles. The van der Waals surface area contributed by atoms with Gasteiger partial charge < -0.3 is 21.0 Å². The molecule has 1 fully saturated rings. The number of hydrazone groups is 1. The lowest BCUT2D eigenvalue weighted by Crippen LogP contribution is -2.44. The van der Waals surface area contributed by atoms with Crippen molar-refractivity contribution in [2.24, 2.45) is 15.9 Å². The zero-order chi connectivity index (χ0) is 19.3. The summed E-state index contributed by atoms with van der Waals surface area (Å²) in [5.41, 5.74) is 1.65. The number of aromatic nitrogens is 3. The molecule has 4 rings (SSSR count). The van der Waals surface area contributed by atoms with Gasteiger partial charge in [-0.1, -0.05) is 18.2 Å². The molecule has 3 aromatic rings. The number of nitrogens with one attached hydrogen (secondary N) is 2. The number of hydrogen-bond donors (Lipinski definition) is 3. The predicted molar refractivity (Wildman–Crippen MR) is 111 cm³/mol. The SMILES string of the molecule is NN=C(C=Nc1cnc(N2CCNCC2)nc1)c1cc2ccccc2[nH]c1=O. The molecule has 0 atom stereocenters. The Morgan fingerprint density at radius 1 is 1.18 bits per heavy atom. The zero-order valence-electron chi connectivity index (χ0n) is 15.2. The van der Waals surface area contributed by atoms with Gasteiger partial charge in [0.1, 0.15) is 5.71 Å². The molecular formula is C19H20N8O. The van der Waals surface area contributed by atoms with E-state index in [0.29, 0.717) is 17.2 Å². The first-order valence-electron chi connectivity index (χ1n) is 8.97. The van der Waals surface area contributed by atoms with Gasteiger partial charge >= 0.3 is 0 Å². The second-order valence-corrected chi connectivity index (χ2v) is 6.35. The van der Waals surface area contributed by atoms with Gasteiger partial charge in [-0.15, -0.1) is 0 Å². The number of anilines is 1. The standard InChI is InChI=1S/C19H20N8O/c20-26-17(15-9-13-3-1-2-4-16(13)25-18(15)28)12-22-14-10-23-19(24-11-14)27-7-5-21-6-8-27/h1-4,9-12,21H,5-8,20H2,(H,25,28). The summed E-state index contributed by atoms with van der Waals surface area (Å²) in [6, 6.07) is 9.25. The van der Waals surface area contributed by atoms with Crippen LogP contribution < -0.4 is 21.6 Å². The molecule has 1 saturated heterocycles. The van der Waals surface area contributed by atoms with Crippen LogP contribution in [0, 0.1) is 0 Å². The molecule has 1 aliphatic rings. The third-order valence-electron chi connectivity index (χ3n) is 4.53. The lowest BCUT2D eigenvalue weighted by molar-refractivity contribution is 0.580. The number of rotatable bonds is 4. The number of nitrogens with two attached hydrogens (primary N) is 1. The Hall–Kier alpha value is -3.59. The summed E-state index contributed by atoms with van der Waals surface area (Å²) in [7, 11) is 0. The Kier molecular flexibility index (Phi) is 5.07. The largest absolute Gasteiger partial charge is 0.338 e. The maximum absolute atomic E-state index is 12.4. The first-order valence-corrected chi connectivity index (χ1v) is 8.97. The molecule has 0 bridgehead atoms. The second kappa shape index (κ2) is 7.97. The molecule has 0 unspecified atom stereocenters. The number of nitrogens with zero attached hydrogens (tertiary/aromatic N) is 5. The number of para-hydroxylation sites is 1. The molecule has 0 amide bonds. The Balaban J connectivity index is 1.56. The van der Waals surface area contributed by atoms with Crippen molar-refractivity contribution in [1.29, 1.82) is 0 Å². The molecule has 4 N–H and O–H groups in total. The number of aliphatic imine (C=N–C) groups is 1. The van der Waals surface area contributed by atoms with Gasteiger partial charge in [0.05, 0.1) is 29.9 Å². The fraction of sp³-hybridized carbons (Fsp3) is 0.211. The number of aromatic amines is 1. The van der Waals surface area contributed by atoms with E-state index in [0.717, 1.165) is 37.1 Å². The van der Waals surface area contributed by atoms with Crippen molar-refractivity contribution in [2.75, 3.05) is 31.1 Å². The van der Waals surface area contributed by atoms with Gasteiger partial charge in [0, 0.05) is 31.7 Å². The predicted octanol–water partition coefficient (Wildman–Crippen LogP) is 0.793. The van der Waals surface area contributed by atoms with Crippen LogP contribution in [0.5, 0.6) is 0 Å². The first-order chi connectivity index (χ1) is 13.7. The number of fused-ring (bicyclic) bond motifs is 1. The Bertz CT molecular complexity index is 1080. The second-order valence-electron chi connectivity index (χ2n) is 6.35. The maximum Gasteiger partial charge on any atom is 0.258 e. The number of pyridine rings is 1. The minimum Gasteiger partial charge on any atom is -0.338 e. The van der Waals surface area contributed by atoms with E-state index < -0.39 is 0 Å². The van der Waals surface area contributed by atoms with Crippen LogP contribution in [0.3, 0.4) is 0 Å². The van der Waals surface area contributed by atoms with Gasteiger partial charge in [-0.25, -0.2) is 9.97 Å². The molecule has 0 aliphatic carbocycles. The van der Waals surface area contributed by atoms with Crippen molar-refractivity contribution in [3.8, 4) is 0 Å². The van der Waals surface area contributed by atoms with E-state index in [2.05, 4.69) is 35.3 Å². The van der Waals surface area contributed by atoms with Crippen LogP contribution in [0.4, 0.5) is 11.6 Å². The lowest BCUT2D eigenvalue weighted by Gasteiger charge is -2.27. The summed E-state index contributed by atoms with van der Waals surface area (Å²) in [6.07, 6.45) is 4.72. The molecule has 0 radical (unpaired) electrons. The molecule has 9 nitrogen and oxygen atoms in total. The Labute approximate surface area is 161 Å². The third-order valence-corrected chi connectivity index (χ3v) is 4.53. The summed E-state index contributed by atoms with van der Waals surface area (Å²) in [5, 5.41) is 7.90. The number of piperazine rings is 1. The molecule has 2 aromatic heterocycles. The molecule has 0 spiro atoms. The van der Waals surface area contributed by atoms with E-state index in [9.17, 15) is 4.79 Å². The summed E-state index contributed by atoms with van der Waals surface area (Å²) < 4.78 is 0. The molecule has 28 heavy (non-hydrogen) atoms. The minimum absolute atomic E-state index is 0.276. The van der Waals surface area contributed by atoms with E-state index in [1.54, 1.807) is 18.5 Å². The maximum atomic E-state index is 12.4. The average Bonchev–Trinajstić information content (AvgIpc) is 2.75. The normalized spacial score (nSPS) is 15.4. The highest BCUT2D eigenvalue weighted by atomic mass is 16.1. The topological polar surface area (TPSA) is 125 Å². The minimum atomic E-state index is -0.278. The molecule has 1 aliphatic heterocycles. The fourth-order valence-electron chi connectivity index (χ4n) is 3.05. The van der Waals surface area contributed by atoms with Crippen LogP contribution in [0.1, 0.15) is 5.56 Å². The molecule has 142 valence electrons. The number of H-pyrrole nitrogens is 1.